The van der Waals surface area contributed by atoms with Crippen molar-refractivity contribution < 1.29 is 9.53 Å². The van der Waals surface area contributed by atoms with Crippen LogP contribution in [0.5, 0.6) is 0 Å². The molecular weight excluding hydrogens is 400 g/mol. The number of carbonyl (C=O) groups excluding carboxylic acids is 1. The molecule has 1 saturated heterocycles. The van der Waals surface area contributed by atoms with Gasteiger partial charge in [-0.1, -0.05) is 29.8 Å². The van der Waals surface area contributed by atoms with Gasteiger partial charge in [0.05, 0.1) is 35.8 Å². The highest BCUT2D eigenvalue weighted by molar-refractivity contribution is 7.20. The Bertz CT molecular complexity index is 1110. The van der Waals surface area contributed by atoms with Crippen LogP contribution in [-0.2, 0) is 11.8 Å². The minimum Gasteiger partial charge on any atom is -0.379 e. The molecule has 30 heavy (non-hydrogen) atoms. The van der Waals surface area contributed by atoms with Crippen LogP contribution in [0.1, 0.15) is 32.4 Å². The van der Waals surface area contributed by atoms with Gasteiger partial charge < -0.3 is 14.6 Å². The van der Waals surface area contributed by atoms with Gasteiger partial charge in [-0.3, -0.25) is 14.5 Å². The van der Waals surface area contributed by atoms with Crippen LogP contribution in [-0.4, -0.2) is 53.2 Å². The van der Waals surface area contributed by atoms with E-state index in [1.807, 2.05) is 6.92 Å². The topological polar surface area (TPSA) is 76.5 Å². The first-order valence-electron chi connectivity index (χ1n) is 10.1. The second kappa shape index (κ2) is 8.67. The number of aromatic nitrogens is 2. The van der Waals surface area contributed by atoms with Gasteiger partial charge in [-0.2, -0.15) is 0 Å². The lowest BCUT2D eigenvalue weighted by atomic mass is 10.0. The third-order valence-corrected chi connectivity index (χ3v) is 6.82. The maximum absolute atomic E-state index is 13.0. The van der Waals surface area contributed by atoms with Crippen LogP contribution in [0.3, 0.4) is 0 Å². The van der Waals surface area contributed by atoms with Crippen LogP contribution in [0.15, 0.2) is 35.4 Å². The molecule has 1 N–H and O–H groups in total. The molecule has 1 aliphatic rings. The summed E-state index contributed by atoms with van der Waals surface area (Å²) in [7, 11) is 1.67. The number of rotatable bonds is 5. The van der Waals surface area contributed by atoms with E-state index >= 15 is 0 Å². The highest BCUT2D eigenvalue weighted by Gasteiger charge is 2.25. The summed E-state index contributed by atoms with van der Waals surface area (Å²) in [6.07, 6.45) is 1.49. The summed E-state index contributed by atoms with van der Waals surface area (Å²) in [5.41, 5.74) is 2.95. The summed E-state index contributed by atoms with van der Waals surface area (Å²) in [5.74, 6) is -0.164. The molecule has 0 saturated carbocycles. The molecule has 1 aliphatic heterocycles. The van der Waals surface area contributed by atoms with Crippen molar-refractivity contribution in [2.75, 3.05) is 32.8 Å². The Balaban J connectivity index is 1.57. The highest BCUT2D eigenvalue weighted by atomic mass is 32.1. The van der Waals surface area contributed by atoms with Gasteiger partial charge in [0.25, 0.3) is 11.5 Å². The van der Waals surface area contributed by atoms with Crippen molar-refractivity contribution in [1.82, 2.24) is 19.8 Å². The molecule has 0 spiro atoms. The molecule has 3 heterocycles. The molecule has 7 nitrogen and oxygen atoms in total. The average molecular weight is 427 g/mol. The minimum absolute atomic E-state index is 0.0686. The number of hydrogen-bond acceptors (Lipinski definition) is 6. The molecular formula is C22H26N4O3S. The van der Waals surface area contributed by atoms with Gasteiger partial charge in [-0.25, -0.2) is 4.98 Å². The number of thiophene rings is 1. The Morgan fingerprint density at radius 1 is 1.23 bits per heavy atom. The smallest absolute Gasteiger partial charge is 0.262 e. The lowest BCUT2D eigenvalue weighted by Gasteiger charge is -2.35. The van der Waals surface area contributed by atoms with Crippen LogP contribution >= 0.6 is 11.3 Å². The van der Waals surface area contributed by atoms with Gasteiger partial charge in [-0.05, 0) is 25.0 Å². The molecule has 1 fully saturated rings. The summed E-state index contributed by atoms with van der Waals surface area (Å²) in [6, 6.07) is 8.52. The predicted molar refractivity (Wildman–Crippen MR) is 118 cm³/mol. The van der Waals surface area contributed by atoms with E-state index in [1.54, 1.807) is 7.05 Å². The van der Waals surface area contributed by atoms with E-state index in [1.165, 1.54) is 33.4 Å². The second-order valence-electron chi connectivity index (χ2n) is 7.68. The fraction of sp³-hybridized carbons (Fsp3) is 0.409. The van der Waals surface area contributed by atoms with Crippen molar-refractivity contribution in [1.29, 1.82) is 0 Å². The number of hydrogen-bond donors (Lipinski definition) is 1. The molecule has 158 valence electrons. The number of aryl methyl sites for hydroxylation is 3. The Morgan fingerprint density at radius 3 is 2.63 bits per heavy atom. The quantitative estimate of drug-likeness (QED) is 0.678. The molecule has 1 aromatic carbocycles. The number of amides is 1. The number of morpholine rings is 1. The van der Waals surface area contributed by atoms with E-state index in [0.29, 0.717) is 40.4 Å². The zero-order valence-electron chi connectivity index (χ0n) is 17.5. The Morgan fingerprint density at radius 2 is 1.93 bits per heavy atom. The first-order chi connectivity index (χ1) is 14.5. The maximum Gasteiger partial charge on any atom is 0.262 e. The third kappa shape index (κ3) is 4.03. The fourth-order valence-corrected chi connectivity index (χ4v) is 4.89. The summed E-state index contributed by atoms with van der Waals surface area (Å²) in [4.78, 5) is 33.3. The van der Waals surface area contributed by atoms with E-state index < -0.39 is 0 Å². The van der Waals surface area contributed by atoms with Gasteiger partial charge in [0.1, 0.15) is 4.83 Å². The van der Waals surface area contributed by atoms with Crippen molar-refractivity contribution in [3.8, 4) is 0 Å². The van der Waals surface area contributed by atoms with Crippen LogP contribution in [0, 0.1) is 13.8 Å². The number of nitrogens with zero attached hydrogens (tertiary/aromatic N) is 3. The fourth-order valence-electron chi connectivity index (χ4n) is 3.83. The normalized spacial score (nSPS) is 16.0. The number of ether oxygens (including phenoxy) is 1. The van der Waals surface area contributed by atoms with E-state index in [-0.39, 0.29) is 17.5 Å². The minimum atomic E-state index is -0.164. The van der Waals surface area contributed by atoms with Crippen LogP contribution in [0.2, 0.25) is 0 Å². The molecule has 1 amide bonds. The van der Waals surface area contributed by atoms with E-state index in [4.69, 9.17) is 4.74 Å². The number of fused-ring (bicyclic) bond motifs is 1. The van der Waals surface area contributed by atoms with Gasteiger partial charge in [0.2, 0.25) is 0 Å². The van der Waals surface area contributed by atoms with Crippen molar-refractivity contribution in [3.05, 3.63) is 62.5 Å². The standard InChI is InChI=1S/C22H26N4O3S/c1-14-4-6-16(7-5-14)17(26-8-10-29-11-9-26)12-23-20(27)19-15(2)18-21(30-19)24-13-25(3)22(18)28/h4-7,13,17H,8-12H2,1-3H3,(H,23,27). The van der Waals surface area contributed by atoms with Crippen LogP contribution < -0.4 is 10.9 Å². The molecule has 8 heteroatoms. The summed E-state index contributed by atoms with van der Waals surface area (Å²) in [5, 5.41) is 3.62. The zero-order valence-corrected chi connectivity index (χ0v) is 18.3. The first-order valence-corrected chi connectivity index (χ1v) is 10.9. The largest absolute Gasteiger partial charge is 0.379 e. The Kier molecular flexibility index (Phi) is 5.99. The Labute approximate surface area is 179 Å². The number of carbonyl (C=O) groups is 1. The third-order valence-electron chi connectivity index (χ3n) is 5.62. The molecule has 0 bridgehead atoms. The van der Waals surface area contributed by atoms with E-state index in [0.717, 1.165) is 13.1 Å². The SMILES string of the molecule is Cc1ccc(C(CNC(=O)c2sc3ncn(C)c(=O)c3c2C)N2CCOCC2)cc1. The predicted octanol–water partition coefficient (Wildman–Crippen LogP) is 2.42. The van der Waals surface area contributed by atoms with Crippen molar-refractivity contribution in [2.45, 2.75) is 19.9 Å². The maximum atomic E-state index is 13.0. The van der Waals surface area contributed by atoms with Gasteiger partial charge >= 0.3 is 0 Å². The van der Waals surface area contributed by atoms with Gasteiger partial charge in [0.15, 0.2) is 0 Å². The lowest BCUT2D eigenvalue weighted by molar-refractivity contribution is 0.0162. The number of benzene rings is 1. The lowest BCUT2D eigenvalue weighted by Crippen LogP contribution is -2.43. The molecule has 4 rings (SSSR count). The number of nitrogens with one attached hydrogen (secondary N) is 1. The molecule has 0 aliphatic carbocycles. The summed E-state index contributed by atoms with van der Waals surface area (Å²) < 4.78 is 6.94. The molecule has 2 aromatic heterocycles. The molecule has 3 aromatic rings. The second-order valence-corrected chi connectivity index (χ2v) is 8.68. The van der Waals surface area contributed by atoms with Crippen molar-refractivity contribution in [2.24, 2.45) is 7.05 Å². The first kappa shape index (κ1) is 20.7. The van der Waals surface area contributed by atoms with Gasteiger partial charge in [-0.15, -0.1) is 11.3 Å². The van der Waals surface area contributed by atoms with E-state index in [9.17, 15) is 9.59 Å². The van der Waals surface area contributed by atoms with Crippen molar-refractivity contribution in [3.63, 3.8) is 0 Å². The van der Waals surface area contributed by atoms with Crippen molar-refractivity contribution >= 4 is 27.5 Å². The summed E-state index contributed by atoms with van der Waals surface area (Å²) in [6.45, 7) is 7.42. The summed E-state index contributed by atoms with van der Waals surface area (Å²) >= 11 is 1.27. The van der Waals surface area contributed by atoms with Crippen LogP contribution in [0.4, 0.5) is 0 Å². The van der Waals surface area contributed by atoms with Crippen LogP contribution in [0.25, 0.3) is 10.2 Å². The highest BCUT2D eigenvalue weighted by Crippen LogP contribution is 2.27. The molecule has 1 atom stereocenters. The Hall–Kier alpha value is -2.55. The van der Waals surface area contributed by atoms with E-state index in [2.05, 4.69) is 46.4 Å². The van der Waals surface area contributed by atoms with Gasteiger partial charge in [0, 0.05) is 26.7 Å². The monoisotopic (exact) mass is 426 g/mol. The molecule has 1 unspecified atom stereocenters. The zero-order chi connectivity index (χ0) is 21.3. The average Bonchev–Trinajstić information content (AvgIpc) is 3.10. The molecule has 0 radical (unpaired) electrons.